The van der Waals surface area contributed by atoms with E-state index in [0.717, 1.165) is 64.7 Å². The minimum atomic E-state index is 0.283. The van der Waals surface area contributed by atoms with Crippen molar-refractivity contribution < 1.29 is 4.79 Å². The molecule has 3 heteroatoms. The summed E-state index contributed by atoms with van der Waals surface area (Å²) >= 11 is 0. The van der Waals surface area contributed by atoms with E-state index in [1.165, 1.54) is 11.1 Å². The molecular weight excluding hydrogens is 380 g/mol. The standard InChI is InChI=1S/C28H28N2O/c1-3-18-9-12-26-24(28(31)13-18)16-27(30-26)21-11-10-19(4-2)23(15-21)22-14-20-7-5-6-8-25(20)29-17-22/h5-8,10-11,14-18,30H,3-4,9,12-13H2,1-2H3. The first-order valence-corrected chi connectivity index (χ1v) is 11.4. The van der Waals surface area contributed by atoms with Crippen LogP contribution in [-0.4, -0.2) is 15.8 Å². The van der Waals surface area contributed by atoms with Gasteiger partial charge in [-0.2, -0.15) is 0 Å². The number of aromatic amines is 1. The second-order valence-corrected chi connectivity index (χ2v) is 8.66. The lowest BCUT2D eigenvalue weighted by Gasteiger charge is -2.12. The number of H-pyrrole nitrogens is 1. The molecule has 0 amide bonds. The van der Waals surface area contributed by atoms with E-state index < -0.39 is 0 Å². The number of hydrogen-bond acceptors (Lipinski definition) is 2. The first-order chi connectivity index (χ1) is 15.2. The number of aromatic nitrogens is 2. The van der Waals surface area contributed by atoms with Crippen LogP contribution in [0.25, 0.3) is 33.3 Å². The SMILES string of the molecule is CCc1ccc(-c2cc3c([nH]2)CCC(CC)CC3=O)cc1-c1cnc2ccccc2c1. The van der Waals surface area contributed by atoms with E-state index in [-0.39, 0.29) is 5.78 Å². The van der Waals surface area contributed by atoms with Crippen LogP contribution in [0.1, 0.15) is 54.7 Å². The van der Waals surface area contributed by atoms with Gasteiger partial charge in [0.25, 0.3) is 0 Å². The molecule has 0 saturated heterocycles. The molecule has 0 radical (unpaired) electrons. The molecular formula is C28H28N2O. The summed E-state index contributed by atoms with van der Waals surface area (Å²) in [5, 5.41) is 1.15. The van der Waals surface area contributed by atoms with Crippen LogP contribution >= 0.6 is 0 Å². The van der Waals surface area contributed by atoms with E-state index in [4.69, 9.17) is 0 Å². The Bertz CT molecular complexity index is 1270. The number of hydrogen-bond donors (Lipinski definition) is 1. The molecule has 1 N–H and O–H groups in total. The predicted octanol–water partition coefficient (Wildman–Crippen LogP) is 7.00. The number of carbonyl (C=O) groups excluding carboxylic acids is 1. The monoisotopic (exact) mass is 408 g/mol. The summed E-state index contributed by atoms with van der Waals surface area (Å²) in [4.78, 5) is 21.1. The van der Waals surface area contributed by atoms with Crippen molar-refractivity contribution in [3.63, 3.8) is 0 Å². The Morgan fingerprint density at radius 2 is 1.87 bits per heavy atom. The summed E-state index contributed by atoms with van der Waals surface area (Å²) in [7, 11) is 0. The lowest BCUT2D eigenvalue weighted by atomic mass is 9.94. The van der Waals surface area contributed by atoms with Gasteiger partial charge in [-0.15, -0.1) is 0 Å². The lowest BCUT2D eigenvalue weighted by molar-refractivity contribution is 0.0962. The molecule has 0 fully saturated rings. The summed E-state index contributed by atoms with van der Waals surface area (Å²) in [6, 6.07) is 19.1. The zero-order valence-electron chi connectivity index (χ0n) is 18.2. The first kappa shape index (κ1) is 19.7. The summed E-state index contributed by atoms with van der Waals surface area (Å²) in [5.74, 6) is 0.790. The van der Waals surface area contributed by atoms with E-state index in [2.05, 4.69) is 66.3 Å². The molecule has 2 heterocycles. The number of benzene rings is 2. The highest BCUT2D eigenvalue weighted by molar-refractivity contribution is 5.99. The smallest absolute Gasteiger partial charge is 0.164 e. The largest absolute Gasteiger partial charge is 0.358 e. The van der Waals surface area contributed by atoms with Crippen molar-refractivity contribution in [2.45, 2.75) is 46.0 Å². The minimum Gasteiger partial charge on any atom is -0.358 e. The first-order valence-electron chi connectivity index (χ1n) is 11.4. The van der Waals surface area contributed by atoms with E-state index in [1.54, 1.807) is 0 Å². The van der Waals surface area contributed by atoms with Crippen molar-refractivity contribution in [1.29, 1.82) is 0 Å². The zero-order valence-corrected chi connectivity index (χ0v) is 18.2. The van der Waals surface area contributed by atoms with Crippen molar-refractivity contribution >= 4 is 16.7 Å². The molecule has 2 aromatic heterocycles. The Morgan fingerprint density at radius 3 is 2.71 bits per heavy atom. The summed E-state index contributed by atoms with van der Waals surface area (Å²) in [5.41, 5.74) is 8.80. The fourth-order valence-electron chi connectivity index (χ4n) is 4.81. The highest BCUT2D eigenvalue weighted by atomic mass is 16.1. The molecule has 0 saturated carbocycles. The van der Waals surface area contributed by atoms with Crippen LogP contribution in [0.4, 0.5) is 0 Å². The van der Waals surface area contributed by atoms with Gasteiger partial charge >= 0.3 is 0 Å². The summed E-state index contributed by atoms with van der Waals surface area (Å²) in [6.45, 7) is 4.37. The van der Waals surface area contributed by atoms with Crippen LogP contribution in [0.15, 0.2) is 60.8 Å². The Kier molecular flexibility index (Phi) is 5.19. The van der Waals surface area contributed by atoms with Crippen LogP contribution in [0.3, 0.4) is 0 Å². The van der Waals surface area contributed by atoms with Crippen molar-refractivity contribution in [2.75, 3.05) is 0 Å². The van der Waals surface area contributed by atoms with Gasteiger partial charge in [-0.3, -0.25) is 9.78 Å². The quantitative estimate of drug-likeness (QED) is 0.369. The maximum Gasteiger partial charge on any atom is 0.164 e. The number of nitrogens with one attached hydrogen (secondary N) is 1. The van der Waals surface area contributed by atoms with Crippen LogP contribution in [0.2, 0.25) is 0 Å². The molecule has 0 spiro atoms. The van der Waals surface area contributed by atoms with Gasteiger partial charge in [-0.05, 0) is 66.1 Å². The van der Waals surface area contributed by atoms with Crippen LogP contribution in [-0.2, 0) is 12.8 Å². The van der Waals surface area contributed by atoms with Gasteiger partial charge in [0.15, 0.2) is 5.78 Å². The molecule has 5 rings (SSSR count). The van der Waals surface area contributed by atoms with E-state index in [9.17, 15) is 4.79 Å². The number of nitrogens with zero attached hydrogens (tertiary/aromatic N) is 1. The number of para-hydroxylation sites is 1. The van der Waals surface area contributed by atoms with Gasteiger partial charge in [0, 0.05) is 40.5 Å². The van der Waals surface area contributed by atoms with Gasteiger partial charge in [-0.1, -0.05) is 50.6 Å². The number of ketones is 1. The third-order valence-corrected chi connectivity index (χ3v) is 6.76. The molecule has 1 atom stereocenters. The Labute approximate surface area is 183 Å². The Morgan fingerprint density at radius 1 is 1.00 bits per heavy atom. The average molecular weight is 409 g/mol. The zero-order chi connectivity index (χ0) is 21.4. The number of aryl methyl sites for hydroxylation is 2. The molecule has 156 valence electrons. The van der Waals surface area contributed by atoms with Crippen molar-refractivity contribution in [3.05, 3.63) is 77.6 Å². The topological polar surface area (TPSA) is 45.8 Å². The summed E-state index contributed by atoms with van der Waals surface area (Å²) in [6.07, 6.45) is 6.71. The van der Waals surface area contributed by atoms with Gasteiger partial charge < -0.3 is 4.98 Å². The molecule has 4 aromatic rings. The van der Waals surface area contributed by atoms with Crippen LogP contribution < -0.4 is 0 Å². The van der Waals surface area contributed by atoms with Crippen LogP contribution in [0.5, 0.6) is 0 Å². The van der Waals surface area contributed by atoms with E-state index in [1.807, 2.05) is 18.3 Å². The molecule has 0 bridgehead atoms. The second-order valence-electron chi connectivity index (χ2n) is 8.66. The summed E-state index contributed by atoms with van der Waals surface area (Å²) < 4.78 is 0. The molecule has 0 aliphatic heterocycles. The fourth-order valence-corrected chi connectivity index (χ4v) is 4.81. The van der Waals surface area contributed by atoms with Gasteiger partial charge in [0.2, 0.25) is 0 Å². The van der Waals surface area contributed by atoms with Gasteiger partial charge in [0.05, 0.1) is 5.52 Å². The van der Waals surface area contributed by atoms with E-state index >= 15 is 0 Å². The van der Waals surface area contributed by atoms with Gasteiger partial charge in [-0.25, -0.2) is 0 Å². The highest BCUT2D eigenvalue weighted by Crippen LogP contribution is 2.34. The van der Waals surface area contributed by atoms with Crippen LogP contribution in [0, 0.1) is 5.92 Å². The number of rotatable bonds is 4. The molecule has 2 aromatic carbocycles. The normalized spacial score (nSPS) is 16.3. The number of pyridine rings is 1. The molecule has 1 aliphatic carbocycles. The molecule has 3 nitrogen and oxygen atoms in total. The third-order valence-electron chi connectivity index (χ3n) is 6.76. The number of carbonyl (C=O) groups is 1. The molecule has 31 heavy (non-hydrogen) atoms. The van der Waals surface area contributed by atoms with Crippen molar-refractivity contribution in [1.82, 2.24) is 9.97 Å². The van der Waals surface area contributed by atoms with Crippen molar-refractivity contribution in [3.8, 4) is 22.4 Å². The minimum absolute atomic E-state index is 0.283. The molecule has 1 aliphatic rings. The maximum atomic E-state index is 12.8. The number of Topliss-reactive ketones (excluding diaryl/α,β-unsaturated/α-hetero) is 1. The average Bonchev–Trinajstić information content (AvgIpc) is 3.19. The second kappa shape index (κ2) is 8.14. The predicted molar refractivity (Wildman–Crippen MR) is 127 cm³/mol. The fraction of sp³-hybridized carbons (Fsp3) is 0.286. The van der Waals surface area contributed by atoms with E-state index in [0.29, 0.717) is 12.3 Å². The van der Waals surface area contributed by atoms with Gasteiger partial charge in [0.1, 0.15) is 0 Å². The Balaban J connectivity index is 1.56. The third kappa shape index (κ3) is 3.69. The lowest BCUT2D eigenvalue weighted by Crippen LogP contribution is -2.04. The highest BCUT2D eigenvalue weighted by Gasteiger charge is 2.24. The Hall–Kier alpha value is -3.20. The number of fused-ring (bicyclic) bond motifs is 2. The molecule has 1 unspecified atom stereocenters. The maximum absolute atomic E-state index is 12.8. The van der Waals surface area contributed by atoms with Crippen molar-refractivity contribution in [2.24, 2.45) is 5.92 Å².